The number of methoxy groups -OCH3 is 2. The Bertz CT molecular complexity index is 819. The van der Waals surface area contributed by atoms with Gasteiger partial charge >= 0.3 is 0 Å². The van der Waals surface area contributed by atoms with Crippen molar-refractivity contribution in [1.82, 2.24) is 0 Å². The summed E-state index contributed by atoms with van der Waals surface area (Å²) in [5, 5.41) is 0.475. The van der Waals surface area contributed by atoms with Gasteiger partial charge in [0.15, 0.2) is 17.3 Å². The van der Waals surface area contributed by atoms with E-state index in [2.05, 4.69) is 0 Å². The van der Waals surface area contributed by atoms with Crippen molar-refractivity contribution in [1.29, 1.82) is 0 Å². The molecule has 2 aromatic rings. The van der Waals surface area contributed by atoms with Gasteiger partial charge in [-0.1, -0.05) is 11.6 Å². The number of Topliss-reactive ketones (excluding diaryl/α,β-unsaturated/α-hetero) is 1. The molecule has 24 heavy (non-hydrogen) atoms. The molecule has 0 unspecified atom stereocenters. The molecule has 5 nitrogen and oxygen atoms in total. The minimum Gasteiger partial charge on any atom is -0.493 e. The van der Waals surface area contributed by atoms with Gasteiger partial charge < -0.3 is 14.4 Å². The van der Waals surface area contributed by atoms with Crippen molar-refractivity contribution < 1.29 is 19.1 Å². The molecule has 0 saturated heterocycles. The maximum Gasteiger partial charge on any atom is 0.258 e. The number of hydrogen-bond donors (Lipinski definition) is 0. The van der Waals surface area contributed by atoms with Crippen LogP contribution in [-0.4, -0.2) is 32.5 Å². The molecule has 0 aromatic heterocycles. The summed E-state index contributed by atoms with van der Waals surface area (Å²) in [7, 11) is 3.05. The van der Waals surface area contributed by atoms with Crippen molar-refractivity contribution in [2.45, 2.75) is 6.42 Å². The molecule has 1 heterocycles. The molecule has 1 amide bonds. The summed E-state index contributed by atoms with van der Waals surface area (Å²) in [5.74, 6) is 0.818. The number of nitrogens with zero attached hydrogens (tertiary/aromatic N) is 1. The van der Waals surface area contributed by atoms with Crippen molar-refractivity contribution in [3.63, 3.8) is 0 Å². The van der Waals surface area contributed by atoms with Gasteiger partial charge in [-0.25, -0.2) is 0 Å². The van der Waals surface area contributed by atoms with Gasteiger partial charge in [0.25, 0.3) is 5.91 Å². The fraction of sp³-hybridized carbons (Fsp3) is 0.222. The summed E-state index contributed by atoms with van der Waals surface area (Å²) >= 11 is 5.97. The van der Waals surface area contributed by atoms with Crippen molar-refractivity contribution in [2.24, 2.45) is 0 Å². The number of amides is 1. The van der Waals surface area contributed by atoms with Crippen molar-refractivity contribution >= 4 is 29.0 Å². The summed E-state index contributed by atoms with van der Waals surface area (Å²) < 4.78 is 10.4. The molecule has 2 aromatic carbocycles. The number of ether oxygens (including phenoxy) is 2. The van der Waals surface area contributed by atoms with Gasteiger partial charge in [0, 0.05) is 29.1 Å². The molecule has 6 heteroatoms. The number of benzene rings is 2. The molecule has 0 saturated carbocycles. The van der Waals surface area contributed by atoms with E-state index < -0.39 is 0 Å². The first-order valence-electron chi connectivity index (χ1n) is 7.42. The van der Waals surface area contributed by atoms with E-state index in [-0.39, 0.29) is 18.1 Å². The van der Waals surface area contributed by atoms with Gasteiger partial charge in [-0.15, -0.1) is 0 Å². The molecule has 0 N–H and O–H groups in total. The maximum absolute atomic E-state index is 12.9. The Balaban J connectivity index is 2.00. The Labute approximate surface area is 144 Å². The smallest absolute Gasteiger partial charge is 0.258 e. The fourth-order valence-electron chi connectivity index (χ4n) is 2.77. The summed E-state index contributed by atoms with van der Waals surface area (Å²) in [6.07, 6.45) is 0.270. The first-order valence-corrected chi connectivity index (χ1v) is 7.79. The average molecular weight is 346 g/mol. The average Bonchev–Trinajstić information content (AvgIpc) is 2.61. The molecule has 0 fully saturated rings. The Morgan fingerprint density at radius 3 is 2.54 bits per heavy atom. The zero-order chi connectivity index (χ0) is 17.3. The number of hydrogen-bond acceptors (Lipinski definition) is 4. The molecule has 0 radical (unpaired) electrons. The second-order valence-corrected chi connectivity index (χ2v) is 5.80. The van der Waals surface area contributed by atoms with Gasteiger partial charge in [-0.2, -0.15) is 0 Å². The van der Waals surface area contributed by atoms with Crippen LogP contribution in [0.1, 0.15) is 27.1 Å². The van der Waals surface area contributed by atoms with Crippen molar-refractivity contribution in [2.75, 3.05) is 25.7 Å². The van der Waals surface area contributed by atoms with Gasteiger partial charge in [-0.05, 0) is 36.4 Å². The second-order valence-electron chi connectivity index (χ2n) is 5.36. The van der Waals surface area contributed by atoms with Gasteiger partial charge in [0.1, 0.15) is 0 Å². The lowest BCUT2D eigenvalue weighted by atomic mass is 9.99. The molecule has 124 valence electrons. The predicted molar refractivity (Wildman–Crippen MR) is 91.6 cm³/mol. The monoisotopic (exact) mass is 345 g/mol. The van der Waals surface area contributed by atoms with Crippen molar-refractivity contribution in [3.05, 3.63) is 52.5 Å². The van der Waals surface area contributed by atoms with Crippen LogP contribution >= 0.6 is 11.6 Å². The number of ketones is 1. The zero-order valence-corrected chi connectivity index (χ0v) is 14.1. The molecule has 1 aliphatic rings. The van der Waals surface area contributed by atoms with E-state index in [9.17, 15) is 9.59 Å². The van der Waals surface area contributed by atoms with Crippen LogP contribution in [-0.2, 0) is 0 Å². The van der Waals surface area contributed by atoms with E-state index >= 15 is 0 Å². The number of carbonyl (C=O) groups excluding carboxylic acids is 2. The third-order valence-electron chi connectivity index (χ3n) is 3.99. The van der Waals surface area contributed by atoms with Crippen LogP contribution in [0.25, 0.3) is 0 Å². The number of anilines is 1. The van der Waals surface area contributed by atoms with Crippen LogP contribution in [0.5, 0.6) is 11.5 Å². The molecule has 0 atom stereocenters. The number of rotatable bonds is 3. The minimum atomic E-state index is -0.202. The zero-order valence-electron chi connectivity index (χ0n) is 13.3. The lowest BCUT2D eigenvalue weighted by Gasteiger charge is -2.29. The lowest BCUT2D eigenvalue weighted by molar-refractivity contribution is 0.0955. The molecular weight excluding hydrogens is 330 g/mol. The Hall–Kier alpha value is -2.53. The highest BCUT2D eigenvalue weighted by Gasteiger charge is 2.28. The Kier molecular flexibility index (Phi) is 4.44. The second kappa shape index (κ2) is 6.53. The largest absolute Gasteiger partial charge is 0.493 e. The van der Waals surface area contributed by atoms with Crippen LogP contribution in [0.2, 0.25) is 5.02 Å². The highest BCUT2D eigenvalue weighted by Crippen LogP contribution is 2.33. The van der Waals surface area contributed by atoms with E-state index in [0.717, 1.165) is 0 Å². The van der Waals surface area contributed by atoms with E-state index in [1.807, 2.05) is 0 Å². The molecule has 3 rings (SSSR count). The van der Waals surface area contributed by atoms with Gasteiger partial charge in [0.05, 0.1) is 19.9 Å². The fourth-order valence-corrected chi connectivity index (χ4v) is 2.94. The number of fused-ring (bicyclic) bond motifs is 1. The first-order chi connectivity index (χ1) is 11.5. The van der Waals surface area contributed by atoms with Crippen LogP contribution in [0.3, 0.4) is 0 Å². The molecule has 0 aliphatic carbocycles. The molecule has 0 bridgehead atoms. The van der Waals surface area contributed by atoms with Gasteiger partial charge in [0.2, 0.25) is 0 Å². The predicted octanol–water partition coefficient (Wildman–Crippen LogP) is 3.59. The van der Waals surface area contributed by atoms with Crippen molar-refractivity contribution in [3.8, 4) is 11.5 Å². The topological polar surface area (TPSA) is 55.8 Å². The maximum atomic E-state index is 12.9. The minimum absolute atomic E-state index is 0.0103. The van der Waals surface area contributed by atoms with Crippen LogP contribution in [0.15, 0.2) is 36.4 Å². The summed E-state index contributed by atoms with van der Waals surface area (Å²) in [4.78, 5) is 26.6. The third-order valence-corrected chi connectivity index (χ3v) is 4.22. The van der Waals surface area contributed by atoms with Crippen LogP contribution in [0, 0.1) is 0 Å². The van der Waals surface area contributed by atoms with E-state index in [1.54, 1.807) is 41.3 Å². The van der Waals surface area contributed by atoms with Gasteiger partial charge in [-0.3, -0.25) is 9.59 Å². The lowest BCUT2D eigenvalue weighted by Crippen LogP contribution is -2.37. The molecule has 0 spiro atoms. The summed E-state index contributed by atoms with van der Waals surface area (Å²) in [5.41, 5.74) is 1.51. The normalized spacial score (nSPS) is 13.5. The number of halogens is 1. The quantitative estimate of drug-likeness (QED) is 0.853. The van der Waals surface area contributed by atoms with E-state index in [4.69, 9.17) is 21.1 Å². The van der Waals surface area contributed by atoms with E-state index in [0.29, 0.717) is 39.9 Å². The Morgan fingerprint density at radius 2 is 1.83 bits per heavy atom. The van der Waals surface area contributed by atoms with E-state index in [1.165, 1.54) is 14.2 Å². The first kappa shape index (κ1) is 16.3. The Morgan fingerprint density at radius 1 is 1.08 bits per heavy atom. The SMILES string of the molecule is COc1ccc(C(=O)N2CCC(=O)c3cc(Cl)ccc32)cc1OC. The molecule has 1 aliphatic heterocycles. The van der Waals surface area contributed by atoms with Crippen LogP contribution in [0.4, 0.5) is 5.69 Å². The number of carbonyl (C=O) groups is 2. The molecular formula is C18H16ClNO4. The standard InChI is InChI=1S/C18H16ClNO4/c1-23-16-6-3-11(9-17(16)24-2)18(22)20-8-7-15(21)13-10-12(19)4-5-14(13)20/h3-6,9-10H,7-8H2,1-2H3. The van der Waals surface area contributed by atoms with Crippen LogP contribution < -0.4 is 14.4 Å². The highest BCUT2D eigenvalue weighted by molar-refractivity contribution is 6.31. The highest BCUT2D eigenvalue weighted by atomic mass is 35.5. The summed E-state index contributed by atoms with van der Waals surface area (Å²) in [6, 6.07) is 9.97. The summed E-state index contributed by atoms with van der Waals surface area (Å²) in [6.45, 7) is 0.334. The third kappa shape index (κ3) is 2.83.